The van der Waals surface area contributed by atoms with Gasteiger partial charge in [-0.3, -0.25) is 0 Å². The minimum Gasteiger partial charge on any atom is -1.00 e. The van der Waals surface area contributed by atoms with Crippen molar-refractivity contribution in [3.8, 4) is 22.4 Å². The average Bonchev–Trinajstić information content (AvgIpc) is 3.23. The summed E-state index contributed by atoms with van der Waals surface area (Å²) in [5, 5.41) is 1.45. The molecule has 0 bridgehead atoms. The van der Waals surface area contributed by atoms with E-state index in [2.05, 4.69) is 62.4 Å². The molecule has 0 fully saturated rings. The number of hydrogen-bond acceptors (Lipinski definition) is 2. The third-order valence-corrected chi connectivity index (χ3v) is 7.64. The molecule has 2 aromatic heterocycles. The maximum Gasteiger partial charge on any atom is 0.125 e. The minimum absolute atomic E-state index is 0. The van der Waals surface area contributed by atoms with E-state index in [0.717, 1.165) is 12.3 Å². The Hall–Kier alpha value is -2.16. The van der Waals surface area contributed by atoms with Gasteiger partial charge in [-0.1, -0.05) is 61.0 Å². The summed E-state index contributed by atoms with van der Waals surface area (Å²) in [7, 11) is 0. The van der Waals surface area contributed by atoms with Crippen molar-refractivity contribution in [2.75, 3.05) is 0 Å². The largest absolute Gasteiger partial charge is 1.00 e. The number of benzene rings is 2. The Bertz CT molecular complexity index is 1250. The molecule has 0 spiro atoms. The van der Waals surface area contributed by atoms with Crippen LogP contribution in [0.25, 0.3) is 32.6 Å². The second-order valence-electron chi connectivity index (χ2n) is 8.55. The SMILES string of the molecule is Cc1cccc(-c2c3c(nc4sc5c(c24)CCC(C)C5)-c2ccccc2C3)c1.[Cl-]. The molecule has 0 amide bonds. The van der Waals surface area contributed by atoms with Crippen LogP contribution in [-0.4, -0.2) is 4.98 Å². The van der Waals surface area contributed by atoms with Gasteiger partial charge in [-0.05, 0) is 59.9 Å². The number of aromatic nitrogens is 1. The van der Waals surface area contributed by atoms with E-state index in [0.29, 0.717) is 0 Å². The predicted molar refractivity (Wildman–Crippen MR) is 119 cm³/mol. The zero-order chi connectivity index (χ0) is 18.8. The molecule has 2 aliphatic carbocycles. The Morgan fingerprint density at radius 2 is 1.90 bits per heavy atom. The molecule has 0 saturated carbocycles. The number of hydrogen-bond donors (Lipinski definition) is 0. The fourth-order valence-corrected chi connectivity index (χ4v) is 6.51. The van der Waals surface area contributed by atoms with Crippen LogP contribution in [0.5, 0.6) is 0 Å². The van der Waals surface area contributed by atoms with Crippen LogP contribution in [0, 0.1) is 12.8 Å². The molecule has 1 unspecified atom stereocenters. The van der Waals surface area contributed by atoms with Gasteiger partial charge in [-0.2, -0.15) is 0 Å². The van der Waals surface area contributed by atoms with Gasteiger partial charge < -0.3 is 12.4 Å². The molecule has 0 aliphatic heterocycles. The second-order valence-corrected chi connectivity index (χ2v) is 9.63. The summed E-state index contributed by atoms with van der Waals surface area (Å²) in [5.41, 5.74) is 11.1. The van der Waals surface area contributed by atoms with Gasteiger partial charge in [-0.25, -0.2) is 4.98 Å². The number of fused-ring (bicyclic) bond motifs is 6. The molecule has 0 radical (unpaired) electrons. The van der Waals surface area contributed by atoms with Crippen LogP contribution in [0.15, 0.2) is 48.5 Å². The highest BCUT2D eigenvalue weighted by Gasteiger charge is 2.29. The molecule has 1 nitrogen and oxygen atoms in total. The first-order chi connectivity index (χ1) is 13.7. The van der Waals surface area contributed by atoms with E-state index in [1.54, 1.807) is 10.4 Å². The fraction of sp³-hybridized carbons (Fsp3) is 0.269. The Balaban J connectivity index is 0.00000181. The molecule has 1 atom stereocenters. The highest BCUT2D eigenvalue weighted by molar-refractivity contribution is 7.19. The molecular formula is C26H23ClNS-. The quantitative estimate of drug-likeness (QED) is 0.403. The molecule has 2 aromatic carbocycles. The van der Waals surface area contributed by atoms with Crippen LogP contribution in [0.1, 0.15) is 40.5 Å². The first-order valence-electron chi connectivity index (χ1n) is 10.3. The zero-order valence-corrected chi connectivity index (χ0v) is 18.3. The van der Waals surface area contributed by atoms with E-state index in [9.17, 15) is 0 Å². The number of rotatable bonds is 1. The number of halogens is 1. The normalized spacial score (nSPS) is 16.8. The van der Waals surface area contributed by atoms with Crippen molar-refractivity contribution >= 4 is 21.6 Å². The van der Waals surface area contributed by atoms with Crippen LogP contribution in [-0.2, 0) is 19.3 Å². The lowest BCUT2D eigenvalue weighted by Gasteiger charge is -2.19. The number of pyridine rings is 1. The molecule has 4 aromatic rings. The molecule has 29 heavy (non-hydrogen) atoms. The van der Waals surface area contributed by atoms with E-state index in [-0.39, 0.29) is 12.4 Å². The van der Waals surface area contributed by atoms with Gasteiger partial charge in [0.15, 0.2) is 0 Å². The third kappa shape index (κ3) is 2.85. The van der Waals surface area contributed by atoms with Crippen molar-refractivity contribution in [3.05, 3.63) is 75.7 Å². The van der Waals surface area contributed by atoms with Gasteiger partial charge >= 0.3 is 0 Å². The molecule has 0 N–H and O–H groups in total. The Morgan fingerprint density at radius 3 is 2.76 bits per heavy atom. The van der Waals surface area contributed by atoms with Crippen molar-refractivity contribution in [2.45, 2.75) is 39.5 Å². The molecule has 146 valence electrons. The van der Waals surface area contributed by atoms with Gasteiger partial charge in [-0.15, -0.1) is 11.3 Å². The topological polar surface area (TPSA) is 12.9 Å². The highest BCUT2D eigenvalue weighted by atomic mass is 35.5. The lowest BCUT2D eigenvalue weighted by molar-refractivity contribution is -0.00000556. The third-order valence-electron chi connectivity index (χ3n) is 6.49. The minimum atomic E-state index is 0. The van der Waals surface area contributed by atoms with E-state index >= 15 is 0 Å². The van der Waals surface area contributed by atoms with Gasteiger partial charge in [0.05, 0.1) is 5.69 Å². The molecule has 6 rings (SSSR count). The summed E-state index contributed by atoms with van der Waals surface area (Å²) in [5.74, 6) is 0.788. The van der Waals surface area contributed by atoms with Crippen molar-refractivity contribution in [1.29, 1.82) is 0 Å². The maximum atomic E-state index is 5.25. The zero-order valence-electron chi connectivity index (χ0n) is 16.8. The van der Waals surface area contributed by atoms with E-state index in [1.807, 2.05) is 11.3 Å². The maximum absolute atomic E-state index is 5.25. The molecule has 2 aliphatic rings. The predicted octanol–water partition coefficient (Wildman–Crippen LogP) is 3.97. The van der Waals surface area contributed by atoms with Crippen LogP contribution in [0.3, 0.4) is 0 Å². The second kappa shape index (κ2) is 6.97. The standard InChI is InChI=1S/C26H23NS.ClH/c1-15-6-5-8-18(12-15)23-21-14-17-7-3-4-9-19(17)25(21)27-26-24(23)20-11-10-16(2)13-22(20)28-26;/h3-9,12,16H,10-11,13-14H2,1-2H3;1H/p-1. The smallest absolute Gasteiger partial charge is 0.125 e. The molecular weight excluding hydrogens is 394 g/mol. The van der Waals surface area contributed by atoms with Gasteiger partial charge in [0.25, 0.3) is 0 Å². The van der Waals surface area contributed by atoms with Crippen molar-refractivity contribution in [2.24, 2.45) is 5.92 Å². The van der Waals surface area contributed by atoms with Crippen LogP contribution < -0.4 is 12.4 Å². The van der Waals surface area contributed by atoms with Gasteiger partial charge in [0, 0.05) is 22.2 Å². The van der Waals surface area contributed by atoms with Crippen molar-refractivity contribution < 1.29 is 12.4 Å². The van der Waals surface area contributed by atoms with E-state index < -0.39 is 0 Å². The van der Waals surface area contributed by atoms with Crippen molar-refractivity contribution in [1.82, 2.24) is 4.98 Å². The summed E-state index contributed by atoms with van der Waals surface area (Å²) in [6.45, 7) is 4.58. The summed E-state index contributed by atoms with van der Waals surface area (Å²) in [6.07, 6.45) is 4.70. The number of nitrogens with zero attached hydrogens (tertiary/aromatic N) is 1. The average molecular weight is 417 g/mol. The first kappa shape index (κ1) is 18.8. The van der Waals surface area contributed by atoms with E-state index in [1.165, 1.54) is 68.6 Å². The van der Waals surface area contributed by atoms with Gasteiger partial charge in [0.2, 0.25) is 0 Å². The van der Waals surface area contributed by atoms with Crippen LogP contribution in [0.4, 0.5) is 0 Å². The van der Waals surface area contributed by atoms with Crippen LogP contribution in [0.2, 0.25) is 0 Å². The monoisotopic (exact) mass is 416 g/mol. The Kier molecular flexibility index (Phi) is 4.53. The molecule has 2 heterocycles. The van der Waals surface area contributed by atoms with E-state index in [4.69, 9.17) is 4.98 Å². The lowest BCUT2D eigenvalue weighted by Crippen LogP contribution is -3.00. The first-order valence-corrected chi connectivity index (χ1v) is 11.1. The molecule has 3 heteroatoms. The fourth-order valence-electron chi connectivity index (χ4n) is 5.12. The van der Waals surface area contributed by atoms with Gasteiger partial charge in [0.1, 0.15) is 4.83 Å². The summed E-state index contributed by atoms with van der Waals surface area (Å²) in [4.78, 5) is 8.07. The number of thiophene rings is 1. The summed E-state index contributed by atoms with van der Waals surface area (Å²) < 4.78 is 0. The van der Waals surface area contributed by atoms with Crippen molar-refractivity contribution in [3.63, 3.8) is 0 Å². The number of aryl methyl sites for hydroxylation is 2. The summed E-state index contributed by atoms with van der Waals surface area (Å²) >= 11 is 1.95. The Labute approximate surface area is 182 Å². The lowest BCUT2D eigenvalue weighted by atomic mass is 9.86. The highest BCUT2D eigenvalue weighted by Crippen LogP contribution is 2.48. The van der Waals surface area contributed by atoms with Crippen LogP contribution >= 0.6 is 11.3 Å². The Morgan fingerprint density at radius 1 is 1.03 bits per heavy atom. The molecule has 0 saturated heterocycles. The summed E-state index contributed by atoms with van der Waals surface area (Å²) in [6, 6.07) is 17.9.